The van der Waals surface area contributed by atoms with E-state index < -0.39 is 11.7 Å². The van der Waals surface area contributed by atoms with Gasteiger partial charge in [0.15, 0.2) is 0 Å². The van der Waals surface area contributed by atoms with Crippen molar-refractivity contribution in [3.05, 3.63) is 63.4 Å². The number of nitrogens with one attached hydrogen (secondary N) is 1. The first-order valence-electron chi connectivity index (χ1n) is 6.06. The topological polar surface area (TPSA) is 55.1 Å². The summed E-state index contributed by atoms with van der Waals surface area (Å²) >= 11 is 8.21. The molecule has 108 valence electrons. The SMILES string of the molecule is Cc1cccc(NC(=O)c2cc(Br)ccc2F)c1C(N)=S. The van der Waals surface area contributed by atoms with Gasteiger partial charge in [0.05, 0.1) is 11.3 Å². The number of benzene rings is 2. The van der Waals surface area contributed by atoms with Crippen LogP contribution in [0.25, 0.3) is 0 Å². The van der Waals surface area contributed by atoms with Gasteiger partial charge in [-0.25, -0.2) is 4.39 Å². The van der Waals surface area contributed by atoms with Crippen LogP contribution in [-0.2, 0) is 0 Å². The van der Waals surface area contributed by atoms with Gasteiger partial charge in [-0.1, -0.05) is 40.3 Å². The maximum atomic E-state index is 13.7. The van der Waals surface area contributed by atoms with Crippen LogP contribution < -0.4 is 11.1 Å². The highest BCUT2D eigenvalue weighted by Crippen LogP contribution is 2.22. The monoisotopic (exact) mass is 366 g/mol. The molecular formula is C15H12BrFN2OS. The molecule has 3 N–H and O–H groups in total. The lowest BCUT2D eigenvalue weighted by Crippen LogP contribution is -2.19. The molecule has 0 aliphatic heterocycles. The Morgan fingerprint density at radius 1 is 1.33 bits per heavy atom. The Balaban J connectivity index is 2.39. The molecule has 0 heterocycles. The Kier molecular flexibility index (Phi) is 4.69. The van der Waals surface area contributed by atoms with E-state index in [0.29, 0.717) is 15.7 Å². The van der Waals surface area contributed by atoms with Gasteiger partial charge in [-0.15, -0.1) is 0 Å². The van der Waals surface area contributed by atoms with Crippen LogP contribution in [0.15, 0.2) is 40.9 Å². The second-order valence-electron chi connectivity index (χ2n) is 4.44. The van der Waals surface area contributed by atoms with E-state index in [9.17, 15) is 9.18 Å². The van der Waals surface area contributed by atoms with Crippen molar-refractivity contribution in [1.82, 2.24) is 0 Å². The lowest BCUT2D eigenvalue weighted by molar-refractivity contribution is 0.102. The van der Waals surface area contributed by atoms with E-state index in [0.717, 1.165) is 5.56 Å². The highest BCUT2D eigenvalue weighted by atomic mass is 79.9. The van der Waals surface area contributed by atoms with Gasteiger partial charge in [0.2, 0.25) is 0 Å². The fourth-order valence-corrected chi connectivity index (χ4v) is 2.59. The van der Waals surface area contributed by atoms with E-state index in [-0.39, 0.29) is 10.6 Å². The number of rotatable bonds is 3. The van der Waals surface area contributed by atoms with Crippen LogP contribution in [0.2, 0.25) is 0 Å². The molecule has 0 saturated heterocycles. The smallest absolute Gasteiger partial charge is 0.258 e. The summed E-state index contributed by atoms with van der Waals surface area (Å²) in [6, 6.07) is 9.45. The Labute approximate surface area is 135 Å². The second kappa shape index (κ2) is 6.32. The number of hydrogen-bond acceptors (Lipinski definition) is 2. The molecule has 0 bridgehead atoms. The molecule has 2 aromatic carbocycles. The summed E-state index contributed by atoms with van der Waals surface area (Å²) in [6.45, 7) is 1.84. The number of hydrogen-bond donors (Lipinski definition) is 2. The number of thiocarbonyl (C=S) groups is 1. The zero-order chi connectivity index (χ0) is 15.6. The Morgan fingerprint density at radius 3 is 2.71 bits per heavy atom. The molecule has 0 fully saturated rings. The molecule has 6 heteroatoms. The third kappa shape index (κ3) is 3.46. The van der Waals surface area contributed by atoms with Crippen molar-refractivity contribution in [3.8, 4) is 0 Å². The maximum Gasteiger partial charge on any atom is 0.258 e. The Bertz CT molecular complexity index is 734. The van der Waals surface area contributed by atoms with Crippen LogP contribution in [0.1, 0.15) is 21.5 Å². The van der Waals surface area contributed by atoms with Crippen LogP contribution in [0.5, 0.6) is 0 Å². The molecule has 0 radical (unpaired) electrons. The van der Waals surface area contributed by atoms with Gasteiger partial charge in [-0.2, -0.15) is 0 Å². The minimum absolute atomic E-state index is 0.0558. The van der Waals surface area contributed by atoms with E-state index >= 15 is 0 Å². The van der Waals surface area contributed by atoms with Gasteiger partial charge in [0, 0.05) is 10.0 Å². The highest BCUT2D eigenvalue weighted by molar-refractivity contribution is 9.10. The van der Waals surface area contributed by atoms with Crippen molar-refractivity contribution in [1.29, 1.82) is 0 Å². The van der Waals surface area contributed by atoms with Crippen molar-refractivity contribution in [2.45, 2.75) is 6.92 Å². The van der Waals surface area contributed by atoms with Crippen molar-refractivity contribution in [2.75, 3.05) is 5.32 Å². The summed E-state index contributed by atoms with van der Waals surface area (Å²) in [5.74, 6) is -1.16. The maximum absolute atomic E-state index is 13.7. The molecule has 0 aliphatic rings. The summed E-state index contributed by atoms with van der Waals surface area (Å²) in [4.78, 5) is 12.4. The molecular weight excluding hydrogens is 355 g/mol. The molecule has 0 aliphatic carbocycles. The zero-order valence-corrected chi connectivity index (χ0v) is 13.5. The molecule has 0 saturated carbocycles. The highest BCUT2D eigenvalue weighted by Gasteiger charge is 2.15. The third-order valence-electron chi connectivity index (χ3n) is 2.94. The minimum Gasteiger partial charge on any atom is -0.389 e. The van der Waals surface area contributed by atoms with Crippen LogP contribution in [-0.4, -0.2) is 10.9 Å². The normalized spacial score (nSPS) is 10.2. The number of amides is 1. The average molecular weight is 367 g/mol. The van der Waals surface area contributed by atoms with E-state index in [1.54, 1.807) is 12.1 Å². The van der Waals surface area contributed by atoms with Gasteiger partial charge >= 0.3 is 0 Å². The van der Waals surface area contributed by atoms with Gasteiger partial charge < -0.3 is 11.1 Å². The number of halogens is 2. The van der Waals surface area contributed by atoms with Gasteiger partial charge in [-0.05, 0) is 36.8 Å². The van der Waals surface area contributed by atoms with E-state index in [4.69, 9.17) is 18.0 Å². The largest absolute Gasteiger partial charge is 0.389 e. The predicted octanol–water partition coefficient (Wildman–Crippen LogP) is 3.78. The molecule has 0 spiro atoms. The fraction of sp³-hybridized carbons (Fsp3) is 0.0667. The minimum atomic E-state index is -0.597. The van der Waals surface area contributed by atoms with E-state index in [1.807, 2.05) is 13.0 Å². The Hall–Kier alpha value is -1.79. The summed E-state index contributed by atoms with van der Waals surface area (Å²) < 4.78 is 14.3. The fourth-order valence-electron chi connectivity index (χ4n) is 1.96. The van der Waals surface area contributed by atoms with Crippen LogP contribution in [0.3, 0.4) is 0 Å². The zero-order valence-electron chi connectivity index (χ0n) is 11.1. The summed E-state index contributed by atoms with van der Waals surface area (Å²) in [5, 5.41) is 2.65. The second-order valence-corrected chi connectivity index (χ2v) is 5.80. The van der Waals surface area contributed by atoms with Crippen molar-refractivity contribution in [2.24, 2.45) is 5.73 Å². The predicted molar refractivity (Wildman–Crippen MR) is 89.1 cm³/mol. The van der Waals surface area contributed by atoms with Gasteiger partial charge in [0.1, 0.15) is 10.8 Å². The summed E-state index contributed by atoms with van der Waals surface area (Å²) in [6.07, 6.45) is 0. The van der Waals surface area contributed by atoms with Crippen LogP contribution in [0, 0.1) is 12.7 Å². The number of anilines is 1. The number of carbonyl (C=O) groups is 1. The number of aryl methyl sites for hydroxylation is 1. The molecule has 0 unspecified atom stereocenters. The van der Waals surface area contributed by atoms with Gasteiger partial charge in [0.25, 0.3) is 5.91 Å². The lowest BCUT2D eigenvalue weighted by atomic mass is 10.1. The van der Waals surface area contributed by atoms with Crippen LogP contribution in [0.4, 0.5) is 10.1 Å². The van der Waals surface area contributed by atoms with E-state index in [2.05, 4.69) is 21.2 Å². The molecule has 2 aromatic rings. The van der Waals surface area contributed by atoms with Crippen molar-refractivity contribution >= 4 is 44.7 Å². The summed E-state index contributed by atoms with van der Waals surface area (Å²) in [5.41, 5.74) is 7.51. The first-order chi connectivity index (χ1) is 9.90. The van der Waals surface area contributed by atoms with Gasteiger partial charge in [-0.3, -0.25) is 4.79 Å². The quantitative estimate of drug-likeness (QED) is 0.812. The average Bonchev–Trinajstić information content (AvgIpc) is 2.41. The van der Waals surface area contributed by atoms with E-state index in [1.165, 1.54) is 18.2 Å². The first-order valence-corrected chi connectivity index (χ1v) is 7.26. The molecule has 2 rings (SSSR count). The Morgan fingerprint density at radius 2 is 2.05 bits per heavy atom. The lowest BCUT2D eigenvalue weighted by Gasteiger charge is -2.13. The molecule has 0 atom stereocenters. The molecule has 21 heavy (non-hydrogen) atoms. The molecule has 3 nitrogen and oxygen atoms in total. The van der Waals surface area contributed by atoms with Crippen molar-refractivity contribution < 1.29 is 9.18 Å². The molecule has 0 aromatic heterocycles. The third-order valence-corrected chi connectivity index (χ3v) is 3.64. The number of carbonyl (C=O) groups excluding carboxylic acids is 1. The van der Waals surface area contributed by atoms with Crippen molar-refractivity contribution in [3.63, 3.8) is 0 Å². The standard InChI is InChI=1S/C15H12BrFN2OS/c1-8-3-2-4-12(13(8)14(18)21)19-15(20)10-7-9(16)5-6-11(10)17/h2-7H,1H3,(H2,18,21)(H,19,20). The first kappa shape index (κ1) is 15.6. The number of nitrogens with two attached hydrogens (primary N) is 1. The summed E-state index contributed by atoms with van der Waals surface area (Å²) in [7, 11) is 0. The van der Waals surface area contributed by atoms with Crippen LogP contribution >= 0.6 is 28.1 Å². The molecule has 1 amide bonds.